The topological polar surface area (TPSA) is 128 Å². The summed E-state index contributed by atoms with van der Waals surface area (Å²) in [5.41, 5.74) is -0.217. The van der Waals surface area contributed by atoms with E-state index >= 15 is 0 Å². The number of nitrogens with one attached hydrogen (secondary N) is 1. The number of phenolic OH excluding ortho intramolecular Hbond substituents is 2. The first-order valence-corrected chi connectivity index (χ1v) is 5.65. The SMILES string of the molecule is C=CCN(N)c1nc(-c2ccc(O)c(O)c2)[nH]c(=O)n1. The third kappa shape index (κ3) is 2.75. The Bertz CT molecular complexity index is 698. The third-order valence-corrected chi connectivity index (χ3v) is 2.47. The fourth-order valence-corrected chi connectivity index (χ4v) is 1.53. The molecule has 1 heterocycles. The van der Waals surface area contributed by atoms with Crippen LogP contribution in [-0.4, -0.2) is 31.7 Å². The highest BCUT2D eigenvalue weighted by Gasteiger charge is 2.10. The van der Waals surface area contributed by atoms with Crippen molar-refractivity contribution in [2.24, 2.45) is 5.84 Å². The molecule has 0 saturated heterocycles. The van der Waals surface area contributed by atoms with Crippen LogP contribution in [0.1, 0.15) is 0 Å². The number of phenols is 2. The molecule has 5 N–H and O–H groups in total. The maximum atomic E-state index is 11.5. The summed E-state index contributed by atoms with van der Waals surface area (Å²) in [7, 11) is 0. The zero-order chi connectivity index (χ0) is 14.7. The minimum absolute atomic E-state index is 0.0243. The smallest absolute Gasteiger partial charge is 0.349 e. The number of H-pyrrole nitrogens is 1. The van der Waals surface area contributed by atoms with E-state index in [2.05, 4.69) is 21.5 Å². The van der Waals surface area contributed by atoms with Crippen molar-refractivity contribution in [2.75, 3.05) is 11.6 Å². The molecule has 0 aliphatic carbocycles. The van der Waals surface area contributed by atoms with Gasteiger partial charge in [0, 0.05) is 5.56 Å². The first-order valence-electron chi connectivity index (χ1n) is 5.65. The predicted octanol–water partition coefficient (Wildman–Crippen LogP) is 0.109. The van der Waals surface area contributed by atoms with Gasteiger partial charge in [0.15, 0.2) is 11.5 Å². The molecule has 0 fully saturated rings. The minimum Gasteiger partial charge on any atom is -0.504 e. The summed E-state index contributed by atoms with van der Waals surface area (Å²) in [6.07, 6.45) is 1.54. The quantitative estimate of drug-likeness (QED) is 0.270. The number of aromatic hydroxyl groups is 2. The van der Waals surface area contributed by atoms with E-state index < -0.39 is 5.69 Å². The number of rotatable bonds is 4. The van der Waals surface area contributed by atoms with Gasteiger partial charge in [0.05, 0.1) is 6.54 Å². The van der Waals surface area contributed by atoms with Crippen molar-refractivity contribution >= 4 is 5.95 Å². The molecule has 8 nitrogen and oxygen atoms in total. The molecule has 1 aromatic heterocycles. The molecule has 0 unspecified atom stereocenters. The lowest BCUT2D eigenvalue weighted by molar-refractivity contribution is 0.404. The number of hydrogen-bond donors (Lipinski definition) is 4. The molecule has 0 aliphatic heterocycles. The van der Waals surface area contributed by atoms with Crippen LogP contribution in [0.15, 0.2) is 35.6 Å². The number of aromatic amines is 1. The monoisotopic (exact) mass is 275 g/mol. The standard InChI is InChI=1S/C12H13N5O3/c1-2-5-17(13)11-14-10(15-12(20)16-11)7-3-4-8(18)9(19)6-7/h2-4,6,18-19H,1,5,13H2,(H,14,15,16,20). The minimum atomic E-state index is -0.628. The Kier molecular flexibility index (Phi) is 3.67. The molecule has 0 aliphatic rings. The van der Waals surface area contributed by atoms with Crippen molar-refractivity contribution in [3.63, 3.8) is 0 Å². The number of benzene rings is 1. The van der Waals surface area contributed by atoms with E-state index in [1.54, 1.807) is 0 Å². The van der Waals surface area contributed by atoms with Gasteiger partial charge < -0.3 is 10.2 Å². The number of anilines is 1. The fraction of sp³-hybridized carbons (Fsp3) is 0.0833. The average Bonchev–Trinajstić information content (AvgIpc) is 2.41. The van der Waals surface area contributed by atoms with Crippen LogP contribution in [0.5, 0.6) is 11.5 Å². The number of hydrogen-bond acceptors (Lipinski definition) is 7. The summed E-state index contributed by atoms with van der Waals surface area (Å²) in [6.45, 7) is 3.79. The molecule has 0 atom stereocenters. The Morgan fingerprint density at radius 2 is 2.10 bits per heavy atom. The van der Waals surface area contributed by atoms with Crippen LogP contribution in [0.25, 0.3) is 11.4 Å². The van der Waals surface area contributed by atoms with E-state index in [1.807, 2.05) is 0 Å². The maximum absolute atomic E-state index is 11.5. The Morgan fingerprint density at radius 3 is 2.75 bits per heavy atom. The van der Waals surface area contributed by atoms with Crippen LogP contribution in [0.4, 0.5) is 5.95 Å². The number of aromatic nitrogens is 3. The van der Waals surface area contributed by atoms with Gasteiger partial charge in [-0.3, -0.25) is 9.99 Å². The molecule has 1 aromatic carbocycles. The zero-order valence-electron chi connectivity index (χ0n) is 10.4. The van der Waals surface area contributed by atoms with Crippen molar-refractivity contribution < 1.29 is 10.2 Å². The first kappa shape index (κ1) is 13.6. The molecule has 104 valence electrons. The number of hydrazine groups is 1. The van der Waals surface area contributed by atoms with Gasteiger partial charge in [-0.05, 0) is 18.2 Å². The van der Waals surface area contributed by atoms with Gasteiger partial charge in [-0.2, -0.15) is 9.97 Å². The molecule has 2 aromatic rings. The van der Waals surface area contributed by atoms with Crippen molar-refractivity contribution in [3.05, 3.63) is 41.3 Å². The average molecular weight is 275 g/mol. The van der Waals surface area contributed by atoms with Crippen molar-refractivity contribution in [1.29, 1.82) is 0 Å². The highest BCUT2D eigenvalue weighted by molar-refractivity contribution is 5.61. The van der Waals surface area contributed by atoms with Gasteiger partial charge in [0.1, 0.15) is 5.82 Å². The van der Waals surface area contributed by atoms with Crippen LogP contribution >= 0.6 is 0 Å². The van der Waals surface area contributed by atoms with Gasteiger partial charge in [-0.1, -0.05) is 6.08 Å². The maximum Gasteiger partial charge on any atom is 0.349 e. The van der Waals surface area contributed by atoms with Gasteiger partial charge in [-0.25, -0.2) is 10.6 Å². The highest BCUT2D eigenvalue weighted by Crippen LogP contribution is 2.28. The van der Waals surface area contributed by atoms with E-state index in [4.69, 9.17) is 5.84 Å². The Labute approximate surface area is 113 Å². The Hall–Kier alpha value is -2.87. The molecule has 8 heteroatoms. The summed E-state index contributed by atoms with van der Waals surface area (Å²) >= 11 is 0. The van der Waals surface area contributed by atoms with Crippen LogP contribution in [0.3, 0.4) is 0 Å². The first-order chi connectivity index (χ1) is 9.51. The molecular formula is C12H13N5O3. The zero-order valence-corrected chi connectivity index (χ0v) is 10.4. The van der Waals surface area contributed by atoms with Gasteiger partial charge in [-0.15, -0.1) is 6.58 Å². The second-order valence-corrected chi connectivity index (χ2v) is 3.95. The summed E-state index contributed by atoms with van der Waals surface area (Å²) in [4.78, 5) is 21.7. The van der Waals surface area contributed by atoms with Crippen molar-refractivity contribution in [3.8, 4) is 22.9 Å². The van der Waals surface area contributed by atoms with Gasteiger partial charge in [0.2, 0.25) is 5.95 Å². The van der Waals surface area contributed by atoms with E-state index in [-0.39, 0.29) is 29.8 Å². The summed E-state index contributed by atoms with van der Waals surface area (Å²) in [5.74, 6) is 5.28. The summed E-state index contributed by atoms with van der Waals surface area (Å²) in [6, 6.07) is 4.05. The van der Waals surface area contributed by atoms with Crippen LogP contribution in [-0.2, 0) is 0 Å². The molecular weight excluding hydrogens is 262 g/mol. The van der Waals surface area contributed by atoms with E-state index in [1.165, 1.54) is 24.3 Å². The van der Waals surface area contributed by atoms with Crippen LogP contribution in [0.2, 0.25) is 0 Å². The van der Waals surface area contributed by atoms with E-state index in [0.717, 1.165) is 5.01 Å². The lowest BCUT2D eigenvalue weighted by atomic mass is 10.2. The van der Waals surface area contributed by atoms with Gasteiger partial charge in [0.25, 0.3) is 0 Å². The molecule has 0 saturated carbocycles. The second kappa shape index (κ2) is 5.41. The highest BCUT2D eigenvalue weighted by atomic mass is 16.3. The summed E-state index contributed by atoms with van der Waals surface area (Å²) < 4.78 is 0. The lowest BCUT2D eigenvalue weighted by Gasteiger charge is -2.14. The number of nitrogens with zero attached hydrogens (tertiary/aromatic N) is 3. The van der Waals surface area contributed by atoms with E-state index in [0.29, 0.717) is 5.56 Å². The van der Waals surface area contributed by atoms with Crippen molar-refractivity contribution in [1.82, 2.24) is 15.0 Å². The molecule has 20 heavy (non-hydrogen) atoms. The van der Waals surface area contributed by atoms with E-state index in [9.17, 15) is 15.0 Å². The lowest BCUT2D eigenvalue weighted by Crippen LogP contribution is -2.34. The largest absolute Gasteiger partial charge is 0.504 e. The normalized spacial score (nSPS) is 10.2. The number of nitrogens with two attached hydrogens (primary N) is 1. The molecule has 0 bridgehead atoms. The Balaban J connectivity index is 2.48. The fourth-order valence-electron chi connectivity index (χ4n) is 1.53. The molecule has 0 amide bonds. The predicted molar refractivity (Wildman–Crippen MR) is 73.1 cm³/mol. The summed E-state index contributed by atoms with van der Waals surface area (Å²) in [5, 5.41) is 19.9. The second-order valence-electron chi connectivity index (χ2n) is 3.95. The Morgan fingerprint density at radius 1 is 1.35 bits per heavy atom. The van der Waals surface area contributed by atoms with Crippen LogP contribution < -0.4 is 16.5 Å². The molecule has 0 radical (unpaired) electrons. The molecule has 2 rings (SSSR count). The third-order valence-electron chi connectivity index (χ3n) is 2.47. The molecule has 0 spiro atoms. The van der Waals surface area contributed by atoms with Crippen LogP contribution in [0, 0.1) is 0 Å². The van der Waals surface area contributed by atoms with Gasteiger partial charge >= 0.3 is 5.69 Å². The van der Waals surface area contributed by atoms with Crippen molar-refractivity contribution in [2.45, 2.75) is 0 Å².